The van der Waals surface area contributed by atoms with Crippen LogP contribution in [0.1, 0.15) is 48.6 Å². The fourth-order valence-corrected chi connectivity index (χ4v) is 12.8. The number of rotatable bonds is 4. The summed E-state index contributed by atoms with van der Waals surface area (Å²) in [5.41, 5.74) is 3.35. The molecule has 0 N–H and O–H groups in total. The van der Waals surface area contributed by atoms with Crippen molar-refractivity contribution < 1.29 is 0 Å². The minimum absolute atomic E-state index is 0.797. The lowest BCUT2D eigenvalue weighted by Gasteiger charge is -1.99. The summed E-state index contributed by atoms with van der Waals surface area (Å²) in [6, 6.07) is 9.04. The van der Waals surface area contributed by atoms with Crippen LogP contribution in [0, 0.1) is 0 Å². The SMILES string of the molecule is c1csc(-c2sc3c(sc4c5sc(-c6cccs6)c(C6CC6)c5sc34)c2C2CC2)c1. The Balaban J connectivity index is 1.43. The summed E-state index contributed by atoms with van der Waals surface area (Å²) < 4.78 is 9.51. The molecule has 6 heterocycles. The number of hydrogen-bond acceptors (Lipinski definition) is 6. The largest absolute Gasteiger partial charge is 0.143 e. The van der Waals surface area contributed by atoms with E-state index in [0.29, 0.717) is 0 Å². The van der Waals surface area contributed by atoms with E-state index in [1.165, 1.54) is 35.4 Å². The van der Waals surface area contributed by atoms with Crippen LogP contribution in [0.15, 0.2) is 35.0 Å². The normalized spacial score (nSPS) is 17.2. The van der Waals surface area contributed by atoms with Gasteiger partial charge in [0.05, 0.1) is 28.2 Å². The Labute approximate surface area is 198 Å². The lowest BCUT2D eigenvalue weighted by atomic mass is 10.1. The second kappa shape index (κ2) is 6.27. The maximum absolute atomic E-state index is 2.31. The summed E-state index contributed by atoms with van der Waals surface area (Å²) in [5, 5.41) is 4.45. The highest BCUT2D eigenvalue weighted by molar-refractivity contribution is 7.46. The summed E-state index contributed by atoms with van der Waals surface area (Å²) in [5.74, 6) is 1.59. The van der Waals surface area contributed by atoms with Crippen molar-refractivity contribution in [3.8, 4) is 19.5 Å². The zero-order valence-electron chi connectivity index (χ0n) is 15.9. The van der Waals surface area contributed by atoms with E-state index in [0.717, 1.165) is 11.8 Å². The molecule has 0 bridgehead atoms. The monoisotopic (exact) mass is 496 g/mol. The number of hydrogen-bond donors (Lipinski definition) is 0. The minimum Gasteiger partial charge on any atom is -0.143 e. The predicted molar refractivity (Wildman–Crippen MR) is 141 cm³/mol. The molecule has 0 unspecified atom stereocenters. The van der Waals surface area contributed by atoms with Gasteiger partial charge in [-0.15, -0.1) is 68.0 Å². The van der Waals surface area contributed by atoms with Crippen LogP contribution in [0.2, 0.25) is 0 Å². The fourth-order valence-electron chi connectivity index (χ4n) is 4.62. The molecule has 6 heteroatoms. The van der Waals surface area contributed by atoms with E-state index < -0.39 is 0 Å². The predicted octanol–water partition coefficient (Wildman–Crippen LogP) is 10.6. The highest BCUT2D eigenvalue weighted by atomic mass is 32.1. The van der Waals surface area contributed by atoms with Crippen molar-refractivity contribution >= 4 is 96.2 Å². The number of thiophene rings is 6. The Kier molecular flexibility index (Phi) is 3.66. The first-order chi connectivity index (χ1) is 14.9. The quantitative estimate of drug-likeness (QED) is 0.228. The van der Waals surface area contributed by atoms with Gasteiger partial charge in [0, 0.05) is 19.5 Å². The topological polar surface area (TPSA) is 0 Å². The van der Waals surface area contributed by atoms with Crippen LogP contribution in [0.25, 0.3) is 47.7 Å². The Morgan fingerprint density at radius 1 is 0.533 bits per heavy atom. The molecule has 2 fully saturated rings. The average molecular weight is 497 g/mol. The van der Waals surface area contributed by atoms with E-state index in [1.54, 1.807) is 49.1 Å². The molecule has 0 spiro atoms. The van der Waals surface area contributed by atoms with Gasteiger partial charge < -0.3 is 0 Å². The van der Waals surface area contributed by atoms with Gasteiger partial charge in [-0.05, 0) is 71.5 Å². The molecule has 30 heavy (non-hydrogen) atoms. The highest BCUT2D eigenvalue weighted by Crippen LogP contribution is 2.61. The van der Waals surface area contributed by atoms with Crippen molar-refractivity contribution in [3.05, 3.63) is 46.2 Å². The molecule has 2 saturated carbocycles. The first-order valence-corrected chi connectivity index (χ1v) is 15.4. The van der Waals surface area contributed by atoms with Crippen molar-refractivity contribution in [2.45, 2.75) is 37.5 Å². The van der Waals surface area contributed by atoms with Gasteiger partial charge in [0.15, 0.2) is 0 Å². The van der Waals surface area contributed by atoms with Gasteiger partial charge >= 0.3 is 0 Å². The molecule has 148 valence electrons. The summed E-state index contributed by atoms with van der Waals surface area (Å²) in [6.07, 6.45) is 5.49. The van der Waals surface area contributed by atoms with E-state index in [4.69, 9.17) is 0 Å². The van der Waals surface area contributed by atoms with Gasteiger partial charge in [0.1, 0.15) is 0 Å². The van der Waals surface area contributed by atoms with Crippen molar-refractivity contribution in [1.29, 1.82) is 0 Å². The highest BCUT2D eigenvalue weighted by Gasteiger charge is 2.35. The zero-order chi connectivity index (χ0) is 19.4. The molecule has 0 saturated heterocycles. The molecule has 0 amide bonds. The maximum Gasteiger partial charge on any atom is 0.0651 e. The average Bonchev–Trinajstić information content (AvgIpc) is 3.37. The Morgan fingerprint density at radius 2 is 0.967 bits per heavy atom. The van der Waals surface area contributed by atoms with Gasteiger partial charge in [-0.1, -0.05) is 12.1 Å². The molecular weight excluding hydrogens is 481 g/mol. The van der Waals surface area contributed by atoms with Crippen LogP contribution >= 0.6 is 68.0 Å². The first-order valence-electron chi connectivity index (χ1n) is 10.4. The van der Waals surface area contributed by atoms with Crippen LogP contribution in [-0.2, 0) is 0 Å². The van der Waals surface area contributed by atoms with Crippen LogP contribution in [0.4, 0.5) is 0 Å². The van der Waals surface area contributed by atoms with Gasteiger partial charge in [0.25, 0.3) is 0 Å². The molecule has 8 rings (SSSR count). The number of fused-ring (bicyclic) bond motifs is 5. The van der Waals surface area contributed by atoms with Crippen molar-refractivity contribution in [1.82, 2.24) is 0 Å². The molecule has 0 aliphatic heterocycles. The van der Waals surface area contributed by atoms with Gasteiger partial charge in [-0.25, -0.2) is 0 Å². The Hall–Kier alpha value is -1.02. The van der Waals surface area contributed by atoms with E-state index in [2.05, 4.69) is 80.4 Å². The zero-order valence-corrected chi connectivity index (χ0v) is 20.8. The second-order valence-electron chi connectivity index (χ2n) is 8.37. The smallest absolute Gasteiger partial charge is 0.0651 e. The molecule has 6 aromatic rings. The molecular formula is C24H16S6. The summed E-state index contributed by atoms with van der Waals surface area (Å²) in [4.78, 5) is 6.06. The minimum atomic E-state index is 0.797. The van der Waals surface area contributed by atoms with Crippen LogP contribution in [0.3, 0.4) is 0 Å². The van der Waals surface area contributed by atoms with Crippen molar-refractivity contribution in [3.63, 3.8) is 0 Å². The summed E-state index contributed by atoms with van der Waals surface area (Å²) in [6.45, 7) is 0. The molecule has 6 aromatic heterocycles. The van der Waals surface area contributed by atoms with E-state index in [1.807, 2.05) is 22.7 Å². The van der Waals surface area contributed by atoms with Crippen LogP contribution in [0.5, 0.6) is 0 Å². The van der Waals surface area contributed by atoms with E-state index in [-0.39, 0.29) is 0 Å². The second-order valence-corrected chi connectivity index (χ2v) is 14.3. The molecule has 0 aromatic carbocycles. The van der Waals surface area contributed by atoms with Gasteiger partial charge in [0.2, 0.25) is 0 Å². The van der Waals surface area contributed by atoms with E-state index >= 15 is 0 Å². The van der Waals surface area contributed by atoms with Crippen molar-refractivity contribution in [2.75, 3.05) is 0 Å². The van der Waals surface area contributed by atoms with Crippen molar-refractivity contribution in [2.24, 2.45) is 0 Å². The third kappa shape index (κ3) is 2.41. The van der Waals surface area contributed by atoms with Gasteiger partial charge in [-0.3, -0.25) is 0 Å². The maximum atomic E-state index is 2.31. The van der Waals surface area contributed by atoms with Crippen LogP contribution in [-0.4, -0.2) is 0 Å². The first kappa shape index (κ1) is 17.5. The lowest BCUT2D eigenvalue weighted by Crippen LogP contribution is -1.77. The third-order valence-electron chi connectivity index (χ3n) is 6.29. The molecule has 2 aliphatic rings. The standard InChI is InChI=1S/C24H16S6/c1-3-13(25-9-1)17-15(11-5-6-11)19-21(27-17)23-24(29-19)22-20(30-23)16(12-7-8-12)18(28-22)14-4-2-10-26-14/h1-4,9-12H,5-8H2. The summed E-state index contributed by atoms with van der Waals surface area (Å²) >= 11 is 12.2. The Morgan fingerprint density at radius 3 is 1.33 bits per heavy atom. The molecule has 0 nitrogen and oxygen atoms in total. The van der Waals surface area contributed by atoms with Crippen LogP contribution < -0.4 is 0 Å². The Bertz CT molecular complexity index is 1420. The lowest BCUT2D eigenvalue weighted by molar-refractivity contribution is 1.17. The molecule has 0 atom stereocenters. The van der Waals surface area contributed by atoms with Gasteiger partial charge in [-0.2, -0.15) is 0 Å². The molecule has 2 aliphatic carbocycles. The third-order valence-corrected chi connectivity index (χ3v) is 14.0. The summed E-state index contributed by atoms with van der Waals surface area (Å²) in [7, 11) is 0. The fraction of sp³-hybridized carbons (Fsp3) is 0.250. The van der Waals surface area contributed by atoms with E-state index in [9.17, 15) is 0 Å². The molecule has 0 radical (unpaired) electrons.